The summed E-state index contributed by atoms with van der Waals surface area (Å²) >= 11 is 0. The quantitative estimate of drug-likeness (QED) is 0.559. The normalized spacial score (nSPS) is 14.5. The van der Waals surface area contributed by atoms with Gasteiger partial charge in [-0.15, -0.1) is 0 Å². The summed E-state index contributed by atoms with van der Waals surface area (Å²) in [4.78, 5) is 14.7. The Balaban J connectivity index is 1.49. The first-order chi connectivity index (χ1) is 14.0. The van der Waals surface area contributed by atoms with Gasteiger partial charge in [-0.05, 0) is 43.7 Å². The SMILES string of the molecule is COC1CN(C(=O)c2cn3nccc(Nc4ccc5c(C)[nH]nc5c4)c3c2C)C1. The number of ether oxygens (including phenoxy) is 1. The number of likely N-dealkylation sites (tertiary alicyclic amines) is 1. The molecule has 3 aromatic heterocycles. The zero-order chi connectivity index (χ0) is 20.1. The van der Waals surface area contributed by atoms with Gasteiger partial charge in [0.1, 0.15) is 0 Å². The fourth-order valence-electron chi connectivity index (χ4n) is 3.88. The summed E-state index contributed by atoms with van der Waals surface area (Å²) in [6, 6.07) is 7.99. The molecular formula is C21H22N6O2. The molecule has 1 aliphatic rings. The van der Waals surface area contributed by atoms with E-state index in [1.807, 2.05) is 38.1 Å². The van der Waals surface area contributed by atoms with Crippen molar-refractivity contribution in [1.29, 1.82) is 0 Å². The molecule has 8 nitrogen and oxygen atoms in total. The molecule has 1 fully saturated rings. The van der Waals surface area contributed by atoms with E-state index in [0.29, 0.717) is 18.7 Å². The summed E-state index contributed by atoms with van der Waals surface area (Å²) < 4.78 is 7.04. The van der Waals surface area contributed by atoms with Crippen molar-refractivity contribution in [3.63, 3.8) is 0 Å². The number of rotatable bonds is 4. The molecule has 0 aliphatic carbocycles. The van der Waals surface area contributed by atoms with Crippen LogP contribution in [0.5, 0.6) is 0 Å². The molecule has 1 aromatic carbocycles. The van der Waals surface area contributed by atoms with E-state index in [0.717, 1.165) is 39.1 Å². The number of hydrogen-bond donors (Lipinski definition) is 2. The van der Waals surface area contributed by atoms with Crippen LogP contribution in [0.1, 0.15) is 21.6 Å². The molecule has 148 valence electrons. The molecule has 4 aromatic rings. The number of H-pyrrole nitrogens is 1. The number of nitrogens with one attached hydrogen (secondary N) is 2. The number of aromatic amines is 1. The average molecular weight is 390 g/mol. The van der Waals surface area contributed by atoms with Crippen LogP contribution in [0.25, 0.3) is 16.4 Å². The minimum atomic E-state index is 0.0145. The number of carbonyl (C=O) groups is 1. The number of aryl methyl sites for hydroxylation is 2. The van der Waals surface area contributed by atoms with Crippen molar-refractivity contribution in [2.75, 3.05) is 25.5 Å². The molecule has 4 heterocycles. The van der Waals surface area contributed by atoms with Gasteiger partial charge in [-0.2, -0.15) is 10.2 Å². The second-order valence-corrected chi connectivity index (χ2v) is 7.48. The van der Waals surface area contributed by atoms with E-state index in [1.165, 1.54) is 0 Å². The Labute approximate surface area is 167 Å². The van der Waals surface area contributed by atoms with Gasteiger partial charge in [0, 0.05) is 49.4 Å². The number of aromatic nitrogens is 4. The van der Waals surface area contributed by atoms with Crippen molar-refractivity contribution in [1.82, 2.24) is 24.7 Å². The summed E-state index contributed by atoms with van der Waals surface area (Å²) in [6.45, 7) is 5.22. The lowest BCUT2D eigenvalue weighted by atomic mass is 10.1. The first kappa shape index (κ1) is 17.7. The fourth-order valence-corrected chi connectivity index (χ4v) is 3.88. The molecule has 1 aliphatic heterocycles. The Morgan fingerprint density at radius 1 is 1.28 bits per heavy atom. The number of carbonyl (C=O) groups excluding carboxylic acids is 1. The molecular weight excluding hydrogens is 368 g/mol. The topological polar surface area (TPSA) is 87.5 Å². The summed E-state index contributed by atoms with van der Waals surface area (Å²) in [6.07, 6.45) is 3.66. The lowest BCUT2D eigenvalue weighted by molar-refractivity contribution is -0.0192. The molecule has 0 spiro atoms. The van der Waals surface area contributed by atoms with Crippen LogP contribution in [-0.2, 0) is 4.74 Å². The summed E-state index contributed by atoms with van der Waals surface area (Å²) in [5.74, 6) is 0.0145. The van der Waals surface area contributed by atoms with Gasteiger partial charge in [0.25, 0.3) is 5.91 Å². The maximum Gasteiger partial charge on any atom is 0.255 e. The first-order valence-corrected chi connectivity index (χ1v) is 9.56. The van der Waals surface area contributed by atoms with Crippen molar-refractivity contribution >= 4 is 33.7 Å². The van der Waals surface area contributed by atoms with Crippen molar-refractivity contribution in [2.45, 2.75) is 20.0 Å². The highest BCUT2D eigenvalue weighted by molar-refractivity contribution is 6.00. The molecule has 29 heavy (non-hydrogen) atoms. The monoisotopic (exact) mass is 390 g/mol. The van der Waals surface area contributed by atoms with Crippen LogP contribution in [0.2, 0.25) is 0 Å². The predicted molar refractivity (Wildman–Crippen MR) is 111 cm³/mol. The van der Waals surface area contributed by atoms with E-state index in [-0.39, 0.29) is 12.0 Å². The Bertz CT molecular complexity index is 1230. The summed E-state index contributed by atoms with van der Waals surface area (Å²) in [5, 5.41) is 16.3. The molecule has 5 rings (SSSR count). The van der Waals surface area contributed by atoms with Gasteiger partial charge in [-0.1, -0.05) is 0 Å². The standard InChI is InChI=1S/C21H22N6O2/c1-12-17(21(28)26-9-15(10-26)29-3)11-27-20(12)18(6-7-22-27)23-14-4-5-16-13(2)24-25-19(16)8-14/h4-8,11,15,23H,9-10H2,1-3H3,(H,24,25). The van der Waals surface area contributed by atoms with Crippen molar-refractivity contribution < 1.29 is 9.53 Å². The first-order valence-electron chi connectivity index (χ1n) is 9.56. The fraction of sp³-hybridized carbons (Fsp3) is 0.286. The van der Waals surface area contributed by atoms with Crippen molar-refractivity contribution in [3.05, 3.63) is 53.5 Å². The van der Waals surface area contributed by atoms with Crippen LogP contribution in [-0.4, -0.2) is 56.9 Å². The number of methoxy groups -OCH3 is 1. The van der Waals surface area contributed by atoms with Crippen LogP contribution >= 0.6 is 0 Å². The van der Waals surface area contributed by atoms with Gasteiger partial charge < -0.3 is 15.0 Å². The highest BCUT2D eigenvalue weighted by Gasteiger charge is 2.32. The van der Waals surface area contributed by atoms with Gasteiger partial charge in [0.05, 0.1) is 28.4 Å². The van der Waals surface area contributed by atoms with E-state index < -0.39 is 0 Å². The van der Waals surface area contributed by atoms with E-state index in [2.05, 4.69) is 20.6 Å². The number of hydrogen-bond acceptors (Lipinski definition) is 5. The molecule has 1 amide bonds. The second-order valence-electron chi connectivity index (χ2n) is 7.48. The van der Waals surface area contributed by atoms with Gasteiger partial charge in [0.15, 0.2) is 0 Å². The molecule has 0 atom stereocenters. The van der Waals surface area contributed by atoms with E-state index in [9.17, 15) is 4.79 Å². The zero-order valence-corrected chi connectivity index (χ0v) is 16.6. The third-order valence-corrected chi connectivity index (χ3v) is 5.65. The van der Waals surface area contributed by atoms with Gasteiger partial charge in [-0.3, -0.25) is 9.89 Å². The summed E-state index contributed by atoms with van der Waals surface area (Å²) in [5.41, 5.74) is 6.23. The van der Waals surface area contributed by atoms with Crippen LogP contribution in [0.15, 0.2) is 36.7 Å². The lowest BCUT2D eigenvalue weighted by Crippen LogP contribution is -2.54. The average Bonchev–Trinajstić information content (AvgIpc) is 3.22. The maximum absolute atomic E-state index is 12.9. The number of amides is 1. The molecule has 0 radical (unpaired) electrons. The Kier molecular flexibility index (Phi) is 4.02. The van der Waals surface area contributed by atoms with E-state index in [4.69, 9.17) is 4.74 Å². The Morgan fingerprint density at radius 2 is 2.10 bits per heavy atom. The number of fused-ring (bicyclic) bond motifs is 2. The molecule has 0 bridgehead atoms. The van der Waals surface area contributed by atoms with Crippen LogP contribution in [0.3, 0.4) is 0 Å². The highest BCUT2D eigenvalue weighted by Crippen LogP contribution is 2.30. The zero-order valence-electron chi connectivity index (χ0n) is 16.6. The van der Waals surface area contributed by atoms with Crippen molar-refractivity contribution in [2.24, 2.45) is 0 Å². The number of nitrogens with zero attached hydrogens (tertiary/aromatic N) is 4. The minimum Gasteiger partial charge on any atom is -0.378 e. The number of anilines is 2. The molecule has 2 N–H and O–H groups in total. The smallest absolute Gasteiger partial charge is 0.255 e. The largest absolute Gasteiger partial charge is 0.378 e. The van der Waals surface area contributed by atoms with E-state index in [1.54, 1.807) is 28.9 Å². The Hall–Kier alpha value is -3.39. The molecule has 0 unspecified atom stereocenters. The summed E-state index contributed by atoms with van der Waals surface area (Å²) in [7, 11) is 1.67. The van der Waals surface area contributed by atoms with E-state index >= 15 is 0 Å². The second kappa shape index (κ2) is 6.59. The lowest BCUT2D eigenvalue weighted by Gasteiger charge is -2.38. The molecule has 8 heteroatoms. The molecule has 0 saturated carbocycles. The van der Waals surface area contributed by atoms with Gasteiger partial charge in [0.2, 0.25) is 0 Å². The third-order valence-electron chi connectivity index (χ3n) is 5.65. The minimum absolute atomic E-state index is 0.0145. The van der Waals surface area contributed by atoms with Crippen LogP contribution in [0, 0.1) is 13.8 Å². The Morgan fingerprint density at radius 3 is 2.90 bits per heavy atom. The maximum atomic E-state index is 12.9. The van der Waals surface area contributed by atoms with Crippen LogP contribution < -0.4 is 5.32 Å². The third kappa shape index (κ3) is 2.84. The van der Waals surface area contributed by atoms with Gasteiger partial charge in [-0.25, -0.2) is 4.52 Å². The van der Waals surface area contributed by atoms with Crippen LogP contribution in [0.4, 0.5) is 11.4 Å². The van der Waals surface area contributed by atoms with Gasteiger partial charge >= 0.3 is 0 Å². The number of benzene rings is 1. The highest BCUT2D eigenvalue weighted by atomic mass is 16.5. The van der Waals surface area contributed by atoms with Crippen molar-refractivity contribution in [3.8, 4) is 0 Å². The predicted octanol–water partition coefficient (Wildman–Crippen LogP) is 3.04. The molecule has 1 saturated heterocycles.